The summed E-state index contributed by atoms with van der Waals surface area (Å²) in [4.78, 5) is 17.9. The van der Waals surface area contributed by atoms with Gasteiger partial charge in [0.05, 0.1) is 24.0 Å². The minimum Gasteiger partial charge on any atom is -0.493 e. The van der Waals surface area contributed by atoms with Gasteiger partial charge < -0.3 is 9.47 Å². The predicted molar refractivity (Wildman–Crippen MR) is 121 cm³/mol. The molecule has 9 heteroatoms. The molecule has 0 saturated carbocycles. The summed E-state index contributed by atoms with van der Waals surface area (Å²) in [5.41, 5.74) is 1.26. The predicted octanol–water partition coefficient (Wildman–Crippen LogP) is 2.53. The Labute approximate surface area is 186 Å². The van der Waals surface area contributed by atoms with E-state index in [1.807, 2.05) is 36.4 Å². The van der Waals surface area contributed by atoms with Crippen LogP contribution in [0.5, 0.6) is 11.5 Å². The molecule has 2 aliphatic heterocycles. The Balaban J connectivity index is 1.92. The first kappa shape index (κ1) is 20.5. The number of methoxy groups -OCH3 is 2. The van der Waals surface area contributed by atoms with E-state index in [0.29, 0.717) is 28.1 Å². The second-order valence-electron chi connectivity index (χ2n) is 6.41. The topological polar surface area (TPSA) is 75.5 Å². The van der Waals surface area contributed by atoms with Gasteiger partial charge in [-0.05, 0) is 34.1 Å². The van der Waals surface area contributed by atoms with Gasteiger partial charge in [0.2, 0.25) is 0 Å². The number of ether oxygens (including phenoxy) is 2. The van der Waals surface area contributed by atoms with Crippen LogP contribution < -0.4 is 25.4 Å². The van der Waals surface area contributed by atoms with Crippen LogP contribution in [0.25, 0.3) is 5.70 Å². The Kier molecular flexibility index (Phi) is 5.83. The van der Waals surface area contributed by atoms with E-state index in [-0.39, 0.29) is 5.91 Å². The third-order valence-electron chi connectivity index (χ3n) is 4.61. The molecule has 4 rings (SSSR count). The van der Waals surface area contributed by atoms with Crippen molar-refractivity contribution in [2.75, 3.05) is 20.0 Å². The lowest BCUT2D eigenvalue weighted by atomic mass is 10.1. The van der Waals surface area contributed by atoms with E-state index >= 15 is 0 Å². The number of rotatable bonds is 5. The van der Waals surface area contributed by atoms with Gasteiger partial charge in [-0.2, -0.15) is 0 Å². The highest BCUT2D eigenvalue weighted by Crippen LogP contribution is 2.40. The van der Waals surface area contributed by atoms with Crippen LogP contribution in [-0.2, 0) is 4.79 Å². The molecule has 2 heterocycles. The largest absolute Gasteiger partial charge is 0.493 e. The van der Waals surface area contributed by atoms with Crippen molar-refractivity contribution in [3.63, 3.8) is 0 Å². The lowest BCUT2D eigenvalue weighted by Crippen LogP contribution is -2.50. The number of amidine groups is 1. The number of benzene rings is 2. The van der Waals surface area contributed by atoms with E-state index in [9.17, 15) is 4.79 Å². The van der Waals surface area contributed by atoms with Crippen molar-refractivity contribution in [3.8, 4) is 11.5 Å². The summed E-state index contributed by atoms with van der Waals surface area (Å²) in [6.07, 6.45) is 1.22. The van der Waals surface area contributed by atoms with Crippen molar-refractivity contribution in [3.05, 3.63) is 69.7 Å². The Morgan fingerprint density at radius 1 is 1.30 bits per heavy atom. The highest BCUT2D eigenvalue weighted by molar-refractivity contribution is 9.10. The number of amides is 1. The summed E-state index contributed by atoms with van der Waals surface area (Å²) in [5.74, 6) is 1.55. The molecular formula is C21H19BrN4O3S. The molecule has 0 saturated heterocycles. The van der Waals surface area contributed by atoms with Crippen molar-refractivity contribution >= 4 is 44.5 Å². The standard InChI is InChI=1S/C21H19BrN4O3S/c1-4-9-30-21-24-20(27)17-13-7-5-6-8-15(13)23-19(26(17)25-21)12-10-14(22)18(29-3)16(11-12)28-2/h4-8,10-11,19H,1,9H2,2-3H3,(H,24,25,27)/t19-/m0/s1. The fraction of sp³-hybridized carbons (Fsp3) is 0.190. The number of hydrazone groups is 1. The molecule has 0 radical (unpaired) electrons. The quantitative estimate of drug-likeness (QED) is 0.657. The summed E-state index contributed by atoms with van der Waals surface area (Å²) in [6, 6.07) is 11.3. The van der Waals surface area contributed by atoms with Gasteiger partial charge in [-0.15, -0.1) is 11.7 Å². The third-order valence-corrected chi connectivity index (χ3v) is 6.06. The average Bonchev–Trinajstić information content (AvgIpc) is 2.76. The smallest absolute Gasteiger partial charge is 0.276 e. The Hall–Kier alpha value is -2.78. The zero-order valence-corrected chi connectivity index (χ0v) is 18.8. The normalized spacial score (nSPS) is 17.2. The molecule has 154 valence electrons. The van der Waals surface area contributed by atoms with Crippen molar-refractivity contribution in [2.24, 2.45) is 10.1 Å². The van der Waals surface area contributed by atoms with Crippen LogP contribution in [0.2, 0.25) is 0 Å². The maximum Gasteiger partial charge on any atom is 0.276 e. The number of halogens is 1. The average molecular weight is 487 g/mol. The van der Waals surface area contributed by atoms with E-state index < -0.39 is 6.17 Å². The van der Waals surface area contributed by atoms with E-state index in [1.165, 1.54) is 11.8 Å². The molecule has 0 aromatic heterocycles. The Bertz CT molecular complexity index is 1180. The van der Waals surface area contributed by atoms with Gasteiger partial charge >= 0.3 is 0 Å². The lowest BCUT2D eigenvalue weighted by Gasteiger charge is -2.34. The molecule has 0 unspecified atom stereocenters. The number of fused-ring (bicyclic) bond motifs is 2. The first-order chi connectivity index (χ1) is 14.6. The highest BCUT2D eigenvalue weighted by Gasteiger charge is 2.35. The minimum absolute atomic E-state index is 0.219. The molecule has 1 N–H and O–H groups in total. The van der Waals surface area contributed by atoms with Crippen molar-refractivity contribution < 1.29 is 14.3 Å². The lowest BCUT2D eigenvalue weighted by molar-refractivity contribution is -0.116. The zero-order chi connectivity index (χ0) is 21.3. The van der Waals surface area contributed by atoms with Gasteiger partial charge in [0, 0.05) is 16.5 Å². The van der Waals surface area contributed by atoms with Crippen molar-refractivity contribution in [1.29, 1.82) is 0 Å². The van der Waals surface area contributed by atoms with Gasteiger partial charge in [0.15, 0.2) is 22.8 Å². The number of hydrogen-bond acceptors (Lipinski definition) is 7. The van der Waals surface area contributed by atoms with E-state index in [4.69, 9.17) is 19.6 Å². The molecule has 0 fully saturated rings. The highest BCUT2D eigenvalue weighted by atomic mass is 79.9. The molecule has 0 spiro atoms. The first-order valence-corrected chi connectivity index (χ1v) is 10.9. The van der Waals surface area contributed by atoms with Crippen LogP contribution >= 0.6 is 27.7 Å². The molecule has 0 bridgehead atoms. The van der Waals surface area contributed by atoms with Gasteiger partial charge in [-0.1, -0.05) is 36.0 Å². The third kappa shape index (κ3) is 3.59. The zero-order valence-electron chi connectivity index (χ0n) is 16.4. The molecule has 1 amide bonds. The number of nitrogens with zero attached hydrogens (tertiary/aromatic N) is 3. The number of hydrogen-bond donors (Lipinski definition) is 1. The number of thioether (sulfide) groups is 1. The summed E-state index contributed by atoms with van der Waals surface area (Å²) >= 11 is 4.94. The van der Waals surface area contributed by atoms with Crippen LogP contribution in [0.1, 0.15) is 11.7 Å². The van der Waals surface area contributed by atoms with E-state index in [0.717, 1.165) is 20.6 Å². The van der Waals surface area contributed by atoms with Crippen LogP contribution in [0.4, 0.5) is 0 Å². The molecule has 2 aromatic rings. The number of carbonyl (C=O) groups is 1. The molecule has 30 heavy (non-hydrogen) atoms. The van der Waals surface area contributed by atoms with Gasteiger partial charge in [0.25, 0.3) is 5.91 Å². The number of carbonyl (C=O) groups excluding carboxylic acids is 1. The maximum absolute atomic E-state index is 13.0. The number of nitrogens with one attached hydrogen (secondary N) is 1. The summed E-state index contributed by atoms with van der Waals surface area (Å²) in [5, 5.41) is 11.2. The second-order valence-corrected chi connectivity index (χ2v) is 8.27. The summed E-state index contributed by atoms with van der Waals surface area (Å²) in [7, 11) is 3.16. The fourth-order valence-electron chi connectivity index (χ4n) is 3.33. The van der Waals surface area contributed by atoms with Crippen LogP contribution in [0, 0.1) is 0 Å². The van der Waals surface area contributed by atoms with Crippen molar-refractivity contribution in [1.82, 2.24) is 10.3 Å². The SMILES string of the molecule is C=CCSC1=NN2C(=c3ccccc3=N[C@@H]2c2cc(Br)c(OC)c(OC)c2)C(=O)N1. The second kappa shape index (κ2) is 8.53. The molecule has 2 aromatic carbocycles. The first-order valence-electron chi connectivity index (χ1n) is 9.09. The van der Waals surface area contributed by atoms with Crippen LogP contribution in [0.15, 0.2) is 63.6 Å². The number of para-hydroxylation sites is 1. The summed E-state index contributed by atoms with van der Waals surface area (Å²) in [6.45, 7) is 3.73. The minimum atomic E-state index is -0.545. The monoisotopic (exact) mass is 486 g/mol. The van der Waals surface area contributed by atoms with Crippen LogP contribution in [-0.4, -0.2) is 36.1 Å². The van der Waals surface area contributed by atoms with Crippen molar-refractivity contribution in [2.45, 2.75) is 6.17 Å². The van der Waals surface area contributed by atoms with Gasteiger partial charge in [-0.25, -0.2) is 5.01 Å². The Morgan fingerprint density at radius 3 is 2.83 bits per heavy atom. The molecule has 0 aliphatic carbocycles. The Morgan fingerprint density at radius 2 is 2.10 bits per heavy atom. The molecule has 2 aliphatic rings. The fourth-order valence-corrected chi connectivity index (χ4v) is 4.54. The maximum atomic E-state index is 13.0. The molecule has 1 atom stereocenters. The van der Waals surface area contributed by atoms with Gasteiger partial charge in [-0.3, -0.25) is 15.1 Å². The molecule has 7 nitrogen and oxygen atoms in total. The van der Waals surface area contributed by atoms with Gasteiger partial charge in [0.1, 0.15) is 5.70 Å². The summed E-state index contributed by atoms with van der Waals surface area (Å²) < 4.78 is 11.6. The molecular weight excluding hydrogens is 468 g/mol. The van der Waals surface area contributed by atoms with E-state index in [2.05, 4.69) is 27.8 Å². The van der Waals surface area contributed by atoms with E-state index in [1.54, 1.807) is 25.3 Å². The van der Waals surface area contributed by atoms with Crippen LogP contribution in [0.3, 0.4) is 0 Å².